The number of hydrogen-bond donors (Lipinski definition) is 2. The van der Waals surface area contributed by atoms with Gasteiger partial charge in [-0.3, -0.25) is 0 Å². The lowest BCUT2D eigenvalue weighted by molar-refractivity contribution is -0.0869. The second-order valence-corrected chi connectivity index (χ2v) is 4.50. The summed E-state index contributed by atoms with van der Waals surface area (Å²) in [7, 11) is 0. The summed E-state index contributed by atoms with van der Waals surface area (Å²) in [6.07, 6.45) is -0.458. The number of benzene rings is 1. The molecule has 0 saturated carbocycles. The Morgan fingerprint density at radius 1 is 1.32 bits per heavy atom. The van der Waals surface area contributed by atoms with Crippen molar-refractivity contribution in [1.29, 1.82) is 0 Å². The Morgan fingerprint density at radius 3 is 2.89 bits per heavy atom. The van der Waals surface area contributed by atoms with Gasteiger partial charge in [-0.15, -0.1) is 0 Å². The molecule has 2 N–H and O–H groups in total. The number of ether oxygens (including phenoxy) is 3. The third-order valence-electron chi connectivity index (χ3n) is 2.82. The lowest BCUT2D eigenvalue weighted by Gasteiger charge is -2.23. The maximum Gasteiger partial charge on any atom is 0.119 e. The van der Waals surface area contributed by atoms with Crippen LogP contribution in [0.25, 0.3) is 0 Å². The number of para-hydroxylation sites is 1. The summed E-state index contributed by atoms with van der Waals surface area (Å²) in [5.41, 5.74) is 0. The van der Waals surface area contributed by atoms with Gasteiger partial charge in [-0.05, 0) is 12.1 Å². The number of aliphatic hydroxyl groups excluding tert-OH is 1. The Hall–Kier alpha value is -1.14. The van der Waals surface area contributed by atoms with Crippen LogP contribution in [0.4, 0.5) is 0 Å². The largest absolute Gasteiger partial charge is 0.491 e. The molecule has 1 fully saturated rings. The fourth-order valence-corrected chi connectivity index (χ4v) is 1.83. The smallest absolute Gasteiger partial charge is 0.119 e. The Labute approximate surface area is 113 Å². The molecule has 1 saturated heterocycles. The molecule has 1 heterocycles. The van der Waals surface area contributed by atoms with E-state index in [2.05, 4.69) is 5.32 Å². The van der Waals surface area contributed by atoms with Crippen molar-refractivity contribution in [3.8, 4) is 5.75 Å². The first-order chi connectivity index (χ1) is 9.34. The molecule has 2 atom stereocenters. The van der Waals surface area contributed by atoms with E-state index in [0.717, 1.165) is 5.75 Å². The molecule has 0 radical (unpaired) electrons. The lowest BCUT2D eigenvalue weighted by atomic mass is 10.3. The van der Waals surface area contributed by atoms with Crippen molar-refractivity contribution in [1.82, 2.24) is 5.32 Å². The van der Waals surface area contributed by atoms with Crippen LogP contribution in [0.3, 0.4) is 0 Å². The van der Waals surface area contributed by atoms with Crippen LogP contribution in [0, 0.1) is 0 Å². The second kappa shape index (κ2) is 8.12. The monoisotopic (exact) mass is 267 g/mol. The van der Waals surface area contributed by atoms with Crippen molar-refractivity contribution in [3.63, 3.8) is 0 Å². The average Bonchev–Trinajstić information content (AvgIpc) is 2.47. The van der Waals surface area contributed by atoms with Crippen LogP contribution in [-0.2, 0) is 9.47 Å². The van der Waals surface area contributed by atoms with Crippen molar-refractivity contribution in [3.05, 3.63) is 30.3 Å². The highest BCUT2D eigenvalue weighted by Gasteiger charge is 2.14. The zero-order valence-corrected chi connectivity index (χ0v) is 11.0. The Kier molecular flexibility index (Phi) is 6.10. The van der Waals surface area contributed by atoms with Gasteiger partial charge in [-0.25, -0.2) is 0 Å². The first-order valence-corrected chi connectivity index (χ1v) is 6.60. The Bertz CT molecular complexity index is 341. The predicted molar refractivity (Wildman–Crippen MR) is 71.4 cm³/mol. The van der Waals surface area contributed by atoms with Crippen LogP contribution >= 0.6 is 0 Å². The Morgan fingerprint density at radius 2 is 2.16 bits per heavy atom. The predicted octanol–water partition coefficient (Wildman–Crippen LogP) is 0.431. The topological polar surface area (TPSA) is 60.0 Å². The molecule has 106 valence electrons. The minimum absolute atomic E-state index is 0.0796. The summed E-state index contributed by atoms with van der Waals surface area (Å²) in [6, 6.07) is 9.47. The van der Waals surface area contributed by atoms with Crippen LogP contribution in [0.5, 0.6) is 5.75 Å². The lowest BCUT2D eigenvalue weighted by Crippen LogP contribution is -2.41. The van der Waals surface area contributed by atoms with Crippen LogP contribution in [-0.4, -0.2) is 56.8 Å². The summed E-state index contributed by atoms with van der Waals surface area (Å²) < 4.78 is 16.2. The molecule has 1 aromatic rings. The highest BCUT2D eigenvalue weighted by atomic mass is 16.6. The third kappa shape index (κ3) is 5.57. The van der Waals surface area contributed by atoms with E-state index in [4.69, 9.17) is 14.2 Å². The molecule has 1 aromatic carbocycles. The molecule has 0 amide bonds. The fraction of sp³-hybridized carbons (Fsp3) is 0.571. The molecule has 0 spiro atoms. The summed E-state index contributed by atoms with van der Waals surface area (Å²) in [6.45, 7) is 3.37. The van der Waals surface area contributed by atoms with Crippen molar-refractivity contribution in [2.45, 2.75) is 12.2 Å². The molecule has 0 aliphatic carbocycles. The average molecular weight is 267 g/mol. The summed E-state index contributed by atoms with van der Waals surface area (Å²) in [4.78, 5) is 0. The van der Waals surface area contributed by atoms with Gasteiger partial charge in [0, 0.05) is 13.1 Å². The summed E-state index contributed by atoms with van der Waals surface area (Å²) in [5, 5.41) is 12.9. The quantitative estimate of drug-likeness (QED) is 0.750. The van der Waals surface area contributed by atoms with E-state index in [1.54, 1.807) is 0 Å². The van der Waals surface area contributed by atoms with Crippen molar-refractivity contribution < 1.29 is 19.3 Å². The van der Waals surface area contributed by atoms with Gasteiger partial charge in [0.15, 0.2) is 0 Å². The number of aliphatic hydroxyl groups is 1. The van der Waals surface area contributed by atoms with Crippen LogP contribution < -0.4 is 10.1 Å². The maximum atomic E-state index is 9.78. The third-order valence-corrected chi connectivity index (χ3v) is 2.82. The fourth-order valence-electron chi connectivity index (χ4n) is 1.83. The second-order valence-electron chi connectivity index (χ2n) is 4.50. The van der Waals surface area contributed by atoms with Crippen LogP contribution in [0.1, 0.15) is 0 Å². The highest BCUT2D eigenvalue weighted by molar-refractivity contribution is 5.20. The van der Waals surface area contributed by atoms with Crippen molar-refractivity contribution in [2.24, 2.45) is 0 Å². The molecule has 0 bridgehead atoms. The molecular weight excluding hydrogens is 246 g/mol. The van der Waals surface area contributed by atoms with Crippen LogP contribution in [0.15, 0.2) is 30.3 Å². The minimum Gasteiger partial charge on any atom is -0.491 e. The van der Waals surface area contributed by atoms with E-state index in [0.29, 0.717) is 32.9 Å². The van der Waals surface area contributed by atoms with Gasteiger partial charge in [0.2, 0.25) is 0 Å². The molecule has 1 aliphatic heterocycles. The number of rotatable bonds is 7. The van der Waals surface area contributed by atoms with Gasteiger partial charge in [-0.1, -0.05) is 18.2 Å². The van der Waals surface area contributed by atoms with Gasteiger partial charge in [-0.2, -0.15) is 0 Å². The number of hydrogen-bond acceptors (Lipinski definition) is 5. The summed E-state index contributed by atoms with van der Waals surface area (Å²) >= 11 is 0. The van der Waals surface area contributed by atoms with E-state index in [1.807, 2.05) is 30.3 Å². The van der Waals surface area contributed by atoms with E-state index in [9.17, 15) is 5.11 Å². The standard InChI is InChI=1S/C14H21NO4/c16-12(10-19-13-4-2-1-3-5-13)8-15-9-14-11-17-6-7-18-14/h1-5,12,14-16H,6-11H2. The molecule has 5 nitrogen and oxygen atoms in total. The number of nitrogens with one attached hydrogen (secondary N) is 1. The van der Waals surface area contributed by atoms with Crippen molar-refractivity contribution in [2.75, 3.05) is 39.5 Å². The maximum absolute atomic E-state index is 9.78. The van der Waals surface area contributed by atoms with E-state index in [-0.39, 0.29) is 12.7 Å². The molecule has 2 rings (SSSR count). The minimum atomic E-state index is -0.537. The van der Waals surface area contributed by atoms with Crippen molar-refractivity contribution >= 4 is 0 Å². The first-order valence-electron chi connectivity index (χ1n) is 6.60. The molecule has 19 heavy (non-hydrogen) atoms. The first kappa shape index (κ1) is 14.3. The molecule has 1 aliphatic rings. The van der Waals surface area contributed by atoms with Gasteiger partial charge in [0.25, 0.3) is 0 Å². The molecule has 5 heteroatoms. The SMILES string of the molecule is OC(CNCC1COCCO1)COc1ccccc1. The highest BCUT2D eigenvalue weighted by Crippen LogP contribution is 2.08. The molecule has 2 unspecified atom stereocenters. The molecule has 0 aromatic heterocycles. The van der Waals surface area contributed by atoms with Gasteiger partial charge in [0.05, 0.1) is 25.9 Å². The summed E-state index contributed by atoms with van der Waals surface area (Å²) in [5.74, 6) is 0.769. The normalized spacial score (nSPS) is 21.0. The van der Waals surface area contributed by atoms with Crippen LogP contribution in [0.2, 0.25) is 0 Å². The Balaban J connectivity index is 1.55. The zero-order valence-electron chi connectivity index (χ0n) is 11.0. The van der Waals surface area contributed by atoms with E-state index >= 15 is 0 Å². The zero-order chi connectivity index (χ0) is 13.3. The van der Waals surface area contributed by atoms with Gasteiger partial charge in [0.1, 0.15) is 18.5 Å². The molecular formula is C14H21NO4. The van der Waals surface area contributed by atoms with E-state index < -0.39 is 6.10 Å². The van der Waals surface area contributed by atoms with E-state index in [1.165, 1.54) is 0 Å². The van der Waals surface area contributed by atoms with Gasteiger partial charge < -0.3 is 24.6 Å². The van der Waals surface area contributed by atoms with Gasteiger partial charge >= 0.3 is 0 Å².